The molecular weight excluding hydrogens is 328 g/mol. The summed E-state index contributed by atoms with van der Waals surface area (Å²) >= 11 is 0. The second-order valence-electron chi connectivity index (χ2n) is 5.30. The van der Waals surface area contributed by atoms with Crippen LogP contribution in [0.2, 0.25) is 0 Å². The molecule has 2 aromatic rings. The summed E-state index contributed by atoms with van der Waals surface area (Å²) in [4.78, 5) is 24.1. The summed E-state index contributed by atoms with van der Waals surface area (Å²) in [5.74, 6) is 0.899. The summed E-state index contributed by atoms with van der Waals surface area (Å²) in [5.41, 5.74) is 0.632. The second-order valence-corrected chi connectivity index (χ2v) is 5.30. The van der Waals surface area contributed by atoms with Crippen molar-refractivity contribution in [2.24, 2.45) is 0 Å². The summed E-state index contributed by atoms with van der Waals surface area (Å²) in [7, 11) is 3.04. The zero-order chi connectivity index (χ0) is 18.4. The minimum absolute atomic E-state index is 0.0339. The van der Waals surface area contributed by atoms with E-state index in [1.165, 1.54) is 14.0 Å². The molecule has 1 heterocycles. The van der Waals surface area contributed by atoms with Gasteiger partial charge in [0.05, 0.1) is 20.6 Å². The number of nitrogens with zero attached hydrogens (tertiary/aromatic N) is 1. The van der Waals surface area contributed by atoms with Gasteiger partial charge >= 0.3 is 5.97 Å². The van der Waals surface area contributed by atoms with E-state index in [-0.39, 0.29) is 12.2 Å². The third-order valence-electron chi connectivity index (χ3n) is 3.39. The van der Waals surface area contributed by atoms with E-state index in [2.05, 4.69) is 10.5 Å². The Morgan fingerprint density at radius 1 is 1.24 bits per heavy atom. The number of anilines is 1. The van der Waals surface area contributed by atoms with Crippen LogP contribution in [0.15, 0.2) is 28.8 Å². The summed E-state index contributed by atoms with van der Waals surface area (Å²) < 4.78 is 20.4. The maximum Gasteiger partial charge on any atom is 0.311 e. The molecule has 1 atom stereocenters. The highest BCUT2D eigenvalue weighted by Gasteiger charge is 2.20. The highest BCUT2D eigenvalue weighted by molar-refractivity contribution is 5.94. The van der Waals surface area contributed by atoms with E-state index in [0.29, 0.717) is 22.8 Å². The third-order valence-corrected chi connectivity index (χ3v) is 3.39. The van der Waals surface area contributed by atoms with E-state index in [4.69, 9.17) is 18.7 Å². The number of nitrogens with one attached hydrogen (secondary N) is 1. The Balaban J connectivity index is 1.94. The van der Waals surface area contributed by atoms with Gasteiger partial charge in [-0.2, -0.15) is 0 Å². The predicted octanol–water partition coefficient (Wildman–Crippen LogP) is 2.11. The first-order valence-corrected chi connectivity index (χ1v) is 7.57. The number of rotatable bonds is 7. The van der Waals surface area contributed by atoms with Crippen molar-refractivity contribution >= 4 is 17.7 Å². The summed E-state index contributed by atoms with van der Waals surface area (Å²) in [6, 6.07) is 6.66. The first-order chi connectivity index (χ1) is 11.9. The Morgan fingerprint density at radius 2 is 2.00 bits per heavy atom. The molecule has 8 heteroatoms. The monoisotopic (exact) mass is 348 g/mol. The minimum Gasteiger partial charge on any atom is -0.497 e. The van der Waals surface area contributed by atoms with Gasteiger partial charge in [0.1, 0.15) is 17.3 Å². The normalized spacial score (nSPS) is 11.5. The van der Waals surface area contributed by atoms with E-state index in [1.54, 1.807) is 38.3 Å². The average Bonchev–Trinajstić information content (AvgIpc) is 2.99. The van der Waals surface area contributed by atoms with Crippen LogP contribution in [0, 0.1) is 6.92 Å². The molecule has 1 aromatic heterocycles. The van der Waals surface area contributed by atoms with Crippen molar-refractivity contribution < 1.29 is 28.3 Å². The molecule has 0 spiro atoms. The van der Waals surface area contributed by atoms with Gasteiger partial charge in [0.25, 0.3) is 5.91 Å². The smallest absolute Gasteiger partial charge is 0.311 e. The fourth-order valence-electron chi connectivity index (χ4n) is 2.10. The molecular formula is C17H20N2O6. The maximum absolute atomic E-state index is 12.1. The number of aromatic nitrogens is 1. The van der Waals surface area contributed by atoms with Crippen LogP contribution in [-0.2, 0) is 20.7 Å². The molecule has 0 aliphatic carbocycles. The van der Waals surface area contributed by atoms with Gasteiger partial charge in [0, 0.05) is 17.7 Å². The van der Waals surface area contributed by atoms with Gasteiger partial charge in [-0.05, 0) is 19.9 Å². The molecule has 25 heavy (non-hydrogen) atoms. The quantitative estimate of drug-likeness (QED) is 0.765. The summed E-state index contributed by atoms with van der Waals surface area (Å²) in [5, 5.41) is 6.16. The van der Waals surface area contributed by atoms with Gasteiger partial charge in [-0.15, -0.1) is 0 Å². The molecule has 8 nitrogen and oxygen atoms in total. The lowest BCUT2D eigenvalue weighted by molar-refractivity contribution is -0.152. The molecule has 1 amide bonds. The van der Waals surface area contributed by atoms with Crippen LogP contribution in [0.25, 0.3) is 0 Å². The molecule has 0 aliphatic heterocycles. The molecule has 0 fully saturated rings. The van der Waals surface area contributed by atoms with Crippen molar-refractivity contribution in [1.82, 2.24) is 5.16 Å². The van der Waals surface area contributed by atoms with E-state index >= 15 is 0 Å². The van der Waals surface area contributed by atoms with E-state index in [1.807, 2.05) is 0 Å². The van der Waals surface area contributed by atoms with E-state index < -0.39 is 18.0 Å². The van der Waals surface area contributed by atoms with Crippen LogP contribution in [-0.4, -0.2) is 37.4 Å². The van der Waals surface area contributed by atoms with Crippen molar-refractivity contribution in [3.8, 4) is 11.5 Å². The van der Waals surface area contributed by atoms with Crippen molar-refractivity contribution in [2.75, 3.05) is 19.5 Å². The highest BCUT2D eigenvalue weighted by atomic mass is 16.5. The van der Waals surface area contributed by atoms with Crippen molar-refractivity contribution in [1.29, 1.82) is 0 Å². The standard InChI is InChI=1S/C17H20N2O6/c1-10-7-15(19-25-10)18-17(21)11(2)24-16(20)8-12-5-6-13(22-3)9-14(12)23-4/h5-7,9,11H,8H2,1-4H3,(H,18,19,21). The predicted molar refractivity (Wildman–Crippen MR) is 88.7 cm³/mol. The van der Waals surface area contributed by atoms with Crippen molar-refractivity contribution in [3.63, 3.8) is 0 Å². The van der Waals surface area contributed by atoms with E-state index in [9.17, 15) is 9.59 Å². The Bertz CT molecular complexity index is 755. The molecule has 1 N–H and O–H groups in total. The SMILES string of the molecule is COc1ccc(CC(=O)OC(C)C(=O)Nc2cc(C)on2)c(OC)c1. The van der Waals surface area contributed by atoms with Gasteiger partial charge in [-0.1, -0.05) is 11.2 Å². The topological polar surface area (TPSA) is 99.9 Å². The van der Waals surface area contributed by atoms with Gasteiger partial charge in [0.2, 0.25) is 0 Å². The number of ether oxygens (including phenoxy) is 3. The largest absolute Gasteiger partial charge is 0.497 e. The lowest BCUT2D eigenvalue weighted by atomic mass is 10.1. The maximum atomic E-state index is 12.1. The first-order valence-electron chi connectivity index (χ1n) is 7.57. The Hall–Kier alpha value is -3.03. The number of methoxy groups -OCH3 is 2. The number of aryl methyl sites for hydroxylation is 1. The highest BCUT2D eigenvalue weighted by Crippen LogP contribution is 2.25. The van der Waals surface area contributed by atoms with Crippen LogP contribution < -0.4 is 14.8 Å². The van der Waals surface area contributed by atoms with Crippen LogP contribution in [0.3, 0.4) is 0 Å². The van der Waals surface area contributed by atoms with Crippen LogP contribution >= 0.6 is 0 Å². The number of benzene rings is 1. The minimum atomic E-state index is -0.978. The molecule has 0 radical (unpaired) electrons. The van der Waals surface area contributed by atoms with Crippen molar-refractivity contribution in [3.05, 3.63) is 35.6 Å². The summed E-state index contributed by atoms with van der Waals surface area (Å²) in [6.07, 6.45) is -1.01. The second kappa shape index (κ2) is 8.18. The Kier molecular flexibility index (Phi) is 5.99. The molecule has 1 aromatic carbocycles. The van der Waals surface area contributed by atoms with Crippen LogP contribution in [0.5, 0.6) is 11.5 Å². The molecule has 0 aliphatic rings. The number of carbonyl (C=O) groups is 2. The van der Waals surface area contributed by atoms with Gasteiger partial charge in [-0.25, -0.2) is 0 Å². The molecule has 0 saturated carbocycles. The summed E-state index contributed by atoms with van der Waals surface area (Å²) in [6.45, 7) is 3.18. The first kappa shape index (κ1) is 18.3. The van der Waals surface area contributed by atoms with Crippen molar-refractivity contribution in [2.45, 2.75) is 26.4 Å². The Morgan fingerprint density at radius 3 is 2.60 bits per heavy atom. The zero-order valence-electron chi connectivity index (χ0n) is 14.5. The van der Waals surface area contributed by atoms with Gasteiger partial charge in [-0.3, -0.25) is 9.59 Å². The molecule has 2 rings (SSSR count). The van der Waals surface area contributed by atoms with Gasteiger partial charge < -0.3 is 24.1 Å². The number of hydrogen-bond acceptors (Lipinski definition) is 7. The Labute approximate surface area is 145 Å². The average molecular weight is 348 g/mol. The third kappa shape index (κ3) is 4.97. The number of amides is 1. The van der Waals surface area contributed by atoms with Crippen LogP contribution in [0.1, 0.15) is 18.2 Å². The molecule has 1 unspecified atom stereocenters. The lowest BCUT2D eigenvalue weighted by Gasteiger charge is -2.14. The lowest BCUT2D eigenvalue weighted by Crippen LogP contribution is -2.30. The zero-order valence-corrected chi connectivity index (χ0v) is 14.5. The van der Waals surface area contributed by atoms with Crippen LogP contribution in [0.4, 0.5) is 5.82 Å². The number of esters is 1. The number of hydrogen-bond donors (Lipinski definition) is 1. The van der Waals surface area contributed by atoms with E-state index in [0.717, 1.165) is 0 Å². The molecule has 134 valence electrons. The number of carbonyl (C=O) groups excluding carboxylic acids is 2. The fraction of sp³-hybridized carbons (Fsp3) is 0.353. The molecule has 0 bridgehead atoms. The van der Waals surface area contributed by atoms with Gasteiger partial charge in [0.15, 0.2) is 11.9 Å². The molecule has 0 saturated heterocycles. The fourth-order valence-corrected chi connectivity index (χ4v) is 2.10.